The summed E-state index contributed by atoms with van der Waals surface area (Å²) < 4.78 is 31.6. The maximum atomic E-state index is 11.8. The highest BCUT2D eigenvalue weighted by Crippen LogP contribution is 2.34. The fourth-order valence-corrected chi connectivity index (χ4v) is 2.15. The van der Waals surface area contributed by atoms with Crippen molar-refractivity contribution in [3.8, 4) is 16.9 Å². The second-order valence-corrected chi connectivity index (χ2v) is 6.30. The number of phenols is 1. The first kappa shape index (κ1) is 20.6. The van der Waals surface area contributed by atoms with E-state index in [0.717, 1.165) is 16.7 Å². The van der Waals surface area contributed by atoms with Gasteiger partial charge in [-0.15, -0.1) is 0 Å². The molecule has 1 amide bonds. The molecule has 0 spiro atoms. The first-order valence-corrected chi connectivity index (χ1v) is 8.57. The molecular weight excluding hydrogens is 348 g/mol. The molecule has 2 aromatic rings. The number of hydrazine groups is 1. The Kier molecular flexibility index (Phi) is 7.07. The number of aromatic hydroxyl groups is 1. The molecule has 0 saturated heterocycles. The van der Waals surface area contributed by atoms with Crippen LogP contribution in [0.3, 0.4) is 0 Å². The van der Waals surface area contributed by atoms with Crippen LogP contribution < -0.4 is 11.3 Å². The number of nitrogen functional groups attached to an aromatic ring is 1. The molecule has 8 nitrogen and oxygen atoms in total. The maximum absolute atomic E-state index is 11.8. The highest BCUT2D eigenvalue weighted by atomic mass is 32.3. The van der Waals surface area contributed by atoms with Gasteiger partial charge in [-0.2, -0.15) is 8.42 Å². The summed E-state index contributed by atoms with van der Waals surface area (Å²) in [5.41, 5.74) is 4.85. The molecule has 0 unspecified atom stereocenters. The first-order valence-electron chi connectivity index (χ1n) is 7.17. The molecule has 0 aromatic heterocycles. The topological polar surface area (TPSA) is 150 Å². The number of carbonyl (C=O) groups excluding carboxylic acids is 1. The van der Waals surface area contributed by atoms with E-state index < -0.39 is 16.3 Å². The van der Waals surface area contributed by atoms with Crippen molar-refractivity contribution >= 4 is 16.3 Å². The van der Waals surface area contributed by atoms with Gasteiger partial charge in [-0.05, 0) is 34.7 Å². The van der Waals surface area contributed by atoms with Crippen molar-refractivity contribution in [1.82, 2.24) is 5.43 Å². The van der Waals surface area contributed by atoms with Crippen LogP contribution >= 0.6 is 0 Å². The number of hydrogen-bond acceptors (Lipinski definition) is 5. The zero-order valence-corrected chi connectivity index (χ0v) is 14.5. The number of benzene rings is 2. The molecule has 0 heterocycles. The number of rotatable bonds is 3. The zero-order chi connectivity index (χ0) is 19.2. The molecule has 0 aliphatic heterocycles. The lowest BCUT2D eigenvalue weighted by Gasteiger charge is -2.15. The second kappa shape index (κ2) is 8.58. The van der Waals surface area contributed by atoms with Gasteiger partial charge in [-0.3, -0.25) is 19.3 Å². The van der Waals surface area contributed by atoms with Crippen LogP contribution in [0.4, 0.5) is 0 Å². The molecule has 2 aromatic carbocycles. The van der Waals surface area contributed by atoms with Gasteiger partial charge in [0.1, 0.15) is 5.75 Å². The molecule has 0 aliphatic carbocycles. The number of amides is 1. The standard InChI is InChI=1S/C16H18N2O2.H2O4S/c1-10(2)13-8-12(11-6-4-3-5-7-11)9-14(15(13)19)16(20)18-17;1-5(2,3)4/h3-10,19H,17H2,1-2H3,(H,18,20);(H2,1,2,3,4). The largest absolute Gasteiger partial charge is 0.507 e. The molecule has 136 valence electrons. The fraction of sp³-hybridized carbons (Fsp3) is 0.188. The highest BCUT2D eigenvalue weighted by molar-refractivity contribution is 7.79. The summed E-state index contributed by atoms with van der Waals surface area (Å²) in [5.74, 6) is 4.77. The van der Waals surface area contributed by atoms with Crippen molar-refractivity contribution in [2.45, 2.75) is 19.8 Å². The number of carbonyl (C=O) groups is 1. The lowest BCUT2D eigenvalue weighted by atomic mass is 9.93. The molecule has 0 radical (unpaired) electrons. The Bertz CT molecular complexity index is 827. The second-order valence-electron chi connectivity index (χ2n) is 5.40. The highest BCUT2D eigenvalue weighted by Gasteiger charge is 2.18. The molecule has 0 saturated carbocycles. The minimum Gasteiger partial charge on any atom is -0.507 e. The average molecular weight is 368 g/mol. The normalized spacial score (nSPS) is 10.8. The van der Waals surface area contributed by atoms with Gasteiger partial charge in [0.05, 0.1) is 5.56 Å². The lowest BCUT2D eigenvalue weighted by molar-refractivity contribution is 0.0950. The Morgan fingerprint density at radius 1 is 1.08 bits per heavy atom. The Morgan fingerprint density at radius 2 is 1.60 bits per heavy atom. The average Bonchev–Trinajstić information content (AvgIpc) is 2.53. The minimum absolute atomic E-state index is 0.0115. The van der Waals surface area contributed by atoms with Crippen LogP contribution in [0.15, 0.2) is 42.5 Å². The van der Waals surface area contributed by atoms with Gasteiger partial charge in [0.25, 0.3) is 5.91 Å². The molecule has 2 rings (SSSR count). The summed E-state index contributed by atoms with van der Waals surface area (Å²) in [4.78, 5) is 11.8. The van der Waals surface area contributed by atoms with Gasteiger partial charge in [0.15, 0.2) is 0 Å². The third-order valence-electron chi connectivity index (χ3n) is 3.24. The molecule has 9 heteroatoms. The van der Waals surface area contributed by atoms with Gasteiger partial charge in [-0.1, -0.05) is 44.2 Å². The smallest absolute Gasteiger partial charge is 0.394 e. The van der Waals surface area contributed by atoms with Gasteiger partial charge in [0, 0.05) is 0 Å². The van der Waals surface area contributed by atoms with Crippen molar-refractivity contribution in [1.29, 1.82) is 0 Å². The van der Waals surface area contributed by atoms with Crippen molar-refractivity contribution < 1.29 is 27.4 Å². The maximum Gasteiger partial charge on any atom is 0.394 e. The molecule has 6 N–H and O–H groups in total. The van der Waals surface area contributed by atoms with Crippen LogP contribution in [0.5, 0.6) is 5.75 Å². The summed E-state index contributed by atoms with van der Waals surface area (Å²) >= 11 is 0. The van der Waals surface area contributed by atoms with E-state index in [0.29, 0.717) is 0 Å². The summed E-state index contributed by atoms with van der Waals surface area (Å²) in [7, 11) is -4.67. The summed E-state index contributed by atoms with van der Waals surface area (Å²) in [6.45, 7) is 3.93. The molecule has 25 heavy (non-hydrogen) atoms. The van der Waals surface area contributed by atoms with Gasteiger partial charge < -0.3 is 5.11 Å². The van der Waals surface area contributed by atoms with E-state index in [9.17, 15) is 9.90 Å². The summed E-state index contributed by atoms with van der Waals surface area (Å²) in [6.07, 6.45) is 0. The third kappa shape index (κ3) is 6.51. The quantitative estimate of drug-likeness (QED) is 0.241. The van der Waals surface area contributed by atoms with Crippen LogP contribution in [0.25, 0.3) is 11.1 Å². The van der Waals surface area contributed by atoms with E-state index in [4.69, 9.17) is 23.4 Å². The molecule has 0 atom stereocenters. The van der Waals surface area contributed by atoms with E-state index >= 15 is 0 Å². The minimum atomic E-state index is -4.67. The van der Waals surface area contributed by atoms with Crippen LogP contribution in [0.2, 0.25) is 0 Å². The van der Waals surface area contributed by atoms with Gasteiger partial charge >= 0.3 is 10.4 Å². The monoisotopic (exact) mass is 368 g/mol. The fourth-order valence-electron chi connectivity index (χ4n) is 2.15. The molecule has 0 bridgehead atoms. The van der Waals surface area contributed by atoms with Crippen LogP contribution in [0.1, 0.15) is 35.7 Å². The summed E-state index contributed by atoms with van der Waals surface area (Å²) in [5, 5.41) is 10.2. The molecule has 0 fully saturated rings. The van der Waals surface area contributed by atoms with Crippen LogP contribution in [0, 0.1) is 0 Å². The SMILES string of the molecule is CC(C)c1cc(-c2ccccc2)cc(C(=O)NN)c1O.O=S(=O)(O)O. The summed E-state index contributed by atoms with van der Waals surface area (Å²) in [6, 6.07) is 13.3. The Balaban J connectivity index is 0.000000550. The van der Waals surface area contributed by atoms with Gasteiger partial charge in [-0.25, -0.2) is 5.84 Å². The Morgan fingerprint density at radius 3 is 2.04 bits per heavy atom. The van der Waals surface area contributed by atoms with Crippen molar-refractivity contribution in [2.24, 2.45) is 5.84 Å². The van der Waals surface area contributed by atoms with E-state index in [1.165, 1.54) is 0 Å². The van der Waals surface area contributed by atoms with E-state index in [1.807, 2.05) is 50.2 Å². The van der Waals surface area contributed by atoms with Crippen molar-refractivity contribution in [2.75, 3.05) is 0 Å². The van der Waals surface area contributed by atoms with Crippen LogP contribution in [-0.4, -0.2) is 28.5 Å². The predicted molar refractivity (Wildman–Crippen MR) is 93.5 cm³/mol. The first-order chi connectivity index (χ1) is 11.5. The van der Waals surface area contributed by atoms with Crippen molar-refractivity contribution in [3.63, 3.8) is 0 Å². The van der Waals surface area contributed by atoms with E-state index in [2.05, 4.69) is 5.43 Å². The Hall–Kier alpha value is -2.46. The van der Waals surface area contributed by atoms with E-state index in [1.54, 1.807) is 6.07 Å². The van der Waals surface area contributed by atoms with Gasteiger partial charge in [0.2, 0.25) is 0 Å². The Labute approximate surface area is 145 Å². The number of phenolic OH excluding ortho intramolecular Hbond substituents is 1. The number of nitrogens with two attached hydrogens (primary N) is 1. The van der Waals surface area contributed by atoms with Crippen LogP contribution in [-0.2, 0) is 10.4 Å². The predicted octanol–water partition coefficient (Wildman–Crippen LogP) is 2.13. The molecular formula is C16H20N2O6S. The zero-order valence-electron chi connectivity index (χ0n) is 13.7. The number of nitrogens with one attached hydrogen (secondary N) is 1. The lowest BCUT2D eigenvalue weighted by Crippen LogP contribution is -2.30. The van der Waals surface area contributed by atoms with E-state index in [-0.39, 0.29) is 17.2 Å². The number of hydrogen-bond donors (Lipinski definition) is 5. The third-order valence-corrected chi connectivity index (χ3v) is 3.24. The van der Waals surface area contributed by atoms with Crippen molar-refractivity contribution in [3.05, 3.63) is 53.6 Å². The molecule has 0 aliphatic rings.